The first-order chi connectivity index (χ1) is 20.6. The van der Waals surface area contributed by atoms with Crippen molar-refractivity contribution in [2.45, 2.75) is 24.7 Å². The van der Waals surface area contributed by atoms with Crippen molar-refractivity contribution in [3.8, 4) is 5.75 Å². The summed E-state index contributed by atoms with van der Waals surface area (Å²) in [6.07, 6.45) is -4.84. The predicted molar refractivity (Wildman–Crippen MR) is 153 cm³/mol. The van der Waals surface area contributed by atoms with Crippen molar-refractivity contribution in [2.75, 3.05) is 0 Å². The minimum absolute atomic E-state index is 0.0113. The van der Waals surface area contributed by atoms with E-state index < -0.39 is 41.4 Å². The van der Waals surface area contributed by atoms with Crippen LogP contribution in [0.15, 0.2) is 115 Å². The summed E-state index contributed by atoms with van der Waals surface area (Å²) in [4.78, 5) is 26.4. The molecule has 1 atom stereocenters. The molecule has 0 heterocycles. The monoisotopic (exact) mass is 587 g/mol. The highest BCUT2D eigenvalue weighted by Gasteiger charge is 2.35. The van der Waals surface area contributed by atoms with E-state index in [4.69, 9.17) is 4.74 Å². The third-order valence-electron chi connectivity index (χ3n) is 7.05. The van der Waals surface area contributed by atoms with Crippen LogP contribution in [0, 0.1) is 5.82 Å². The van der Waals surface area contributed by atoms with Crippen LogP contribution in [-0.4, -0.2) is 23.0 Å². The number of carboxylic acid groups (broad SMARTS) is 1. The predicted octanol–water partition coefficient (Wildman–Crippen LogP) is 7.59. The molecule has 0 aromatic heterocycles. The number of benzene rings is 5. The average Bonchev–Trinajstić information content (AvgIpc) is 2.99. The fraction of sp³-hybridized carbons (Fsp3) is 0.118. The van der Waals surface area contributed by atoms with Crippen molar-refractivity contribution in [3.63, 3.8) is 0 Å². The van der Waals surface area contributed by atoms with E-state index in [-0.39, 0.29) is 23.5 Å². The summed E-state index contributed by atoms with van der Waals surface area (Å²) in [5.41, 5.74) is 0.0904. The molecule has 0 radical (unpaired) electrons. The maximum atomic E-state index is 14.2. The van der Waals surface area contributed by atoms with E-state index in [9.17, 15) is 32.3 Å². The number of nitrogens with one attached hydrogen (secondary N) is 1. The Morgan fingerprint density at radius 2 is 1.40 bits per heavy atom. The van der Waals surface area contributed by atoms with Gasteiger partial charge in [-0.15, -0.1) is 0 Å². The highest BCUT2D eigenvalue weighted by molar-refractivity contribution is 6.05. The van der Waals surface area contributed by atoms with Crippen molar-refractivity contribution in [3.05, 3.63) is 149 Å². The van der Waals surface area contributed by atoms with E-state index in [1.54, 1.807) is 91.0 Å². The highest BCUT2D eigenvalue weighted by Crippen LogP contribution is 2.34. The first-order valence-electron chi connectivity index (χ1n) is 13.3. The average molecular weight is 588 g/mol. The van der Waals surface area contributed by atoms with Gasteiger partial charge in [-0.3, -0.25) is 4.79 Å². The van der Waals surface area contributed by atoms with Crippen molar-refractivity contribution in [1.29, 1.82) is 0 Å². The van der Waals surface area contributed by atoms with Crippen LogP contribution in [0.25, 0.3) is 10.8 Å². The molecule has 5 nitrogen and oxygen atoms in total. The Morgan fingerprint density at radius 1 is 0.791 bits per heavy atom. The van der Waals surface area contributed by atoms with Gasteiger partial charge in [0, 0.05) is 11.3 Å². The molecule has 5 aromatic rings. The Kier molecular flexibility index (Phi) is 8.43. The number of aliphatic carboxylic acids is 1. The number of ether oxygens (including phenoxy) is 1. The molecule has 1 amide bonds. The maximum Gasteiger partial charge on any atom is 0.419 e. The second-order valence-corrected chi connectivity index (χ2v) is 9.85. The first-order valence-corrected chi connectivity index (χ1v) is 13.3. The van der Waals surface area contributed by atoms with E-state index >= 15 is 0 Å². The fourth-order valence-corrected chi connectivity index (χ4v) is 5.02. The topological polar surface area (TPSA) is 75.6 Å². The number of halogens is 4. The number of amides is 1. The van der Waals surface area contributed by atoms with Gasteiger partial charge in [0.05, 0.1) is 11.1 Å². The van der Waals surface area contributed by atoms with Gasteiger partial charge >= 0.3 is 12.1 Å². The second kappa shape index (κ2) is 12.4. The van der Waals surface area contributed by atoms with Crippen LogP contribution in [0.5, 0.6) is 5.75 Å². The van der Waals surface area contributed by atoms with Gasteiger partial charge in [0.2, 0.25) is 0 Å². The second-order valence-electron chi connectivity index (χ2n) is 9.85. The number of carbonyl (C=O) groups is 2. The largest absolute Gasteiger partial charge is 0.487 e. The van der Waals surface area contributed by atoms with Gasteiger partial charge in [0.15, 0.2) is 0 Å². The molecule has 0 spiro atoms. The lowest BCUT2D eigenvalue weighted by molar-refractivity contribution is -0.140. The van der Waals surface area contributed by atoms with Gasteiger partial charge in [-0.1, -0.05) is 97.1 Å². The molecular weight excluding hydrogens is 562 g/mol. The van der Waals surface area contributed by atoms with Crippen LogP contribution in [-0.2, 0) is 17.6 Å². The summed E-state index contributed by atoms with van der Waals surface area (Å²) in [6.45, 7) is -0.345. The maximum absolute atomic E-state index is 14.2. The minimum atomic E-state index is -4.84. The van der Waals surface area contributed by atoms with Gasteiger partial charge in [0.25, 0.3) is 5.91 Å². The number of hydrogen-bond donors (Lipinski definition) is 2. The third-order valence-corrected chi connectivity index (χ3v) is 7.05. The van der Waals surface area contributed by atoms with E-state index in [0.29, 0.717) is 28.0 Å². The summed E-state index contributed by atoms with van der Waals surface area (Å²) < 4.78 is 59.2. The minimum Gasteiger partial charge on any atom is -0.487 e. The normalized spacial score (nSPS) is 12.2. The zero-order chi connectivity index (χ0) is 30.6. The lowest BCUT2D eigenvalue weighted by atomic mass is 9.84. The number of carbonyl (C=O) groups excluding carboxylic acids is 1. The van der Waals surface area contributed by atoms with Gasteiger partial charge in [-0.05, 0) is 40.3 Å². The summed E-state index contributed by atoms with van der Waals surface area (Å²) in [7, 11) is 0. The van der Waals surface area contributed by atoms with Crippen LogP contribution in [0.2, 0.25) is 0 Å². The van der Waals surface area contributed by atoms with Crippen LogP contribution < -0.4 is 10.1 Å². The smallest absolute Gasteiger partial charge is 0.419 e. The Morgan fingerprint density at radius 3 is 1.98 bits per heavy atom. The molecule has 0 fully saturated rings. The van der Waals surface area contributed by atoms with Crippen LogP contribution >= 0.6 is 0 Å². The lowest BCUT2D eigenvalue weighted by Crippen LogP contribution is -2.45. The zero-order valence-electron chi connectivity index (χ0n) is 22.5. The van der Waals surface area contributed by atoms with Gasteiger partial charge in [-0.2, -0.15) is 13.2 Å². The molecule has 5 aromatic carbocycles. The quantitative estimate of drug-likeness (QED) is 0.174. The molecular formula is C34H25F4NO4. The zero-order valence-corrected chi connectivity index (χ0v) is 22.5. The Balaban J connectivity index is 1.50. The summed E-state index contributed by atoms with van der Waals surface area (Å²) in [6, 6.07) is 29.1. The molecule has 0 aliphatic heterocycles. The summed E-state index contributed by atoms with van der Waals surface area (Å²) >= 11 is 0. The van der Waals surface area contributed by atoms with E-state index in [1.165, 1.54) is 6.07 Å². The molecule has 0 unspecified atom stereocenters. The van der Waals surface area contributed by atoms with Crippen molar-refractivity contribution < 1.29 is 37.0 Å². The van der Waals surface area contributed by atoms with Crippen LogP contribution in [0.4, 0.5) is 17.6 Å². The van der Waals surface area contributed by atoms with Gasteiger partial charge < -0.3 is 15.2 Å². The molecule has 0 aliphatic rings. The number of carboxylic acids is 1. The number of hydrogen-bond acceptors (Lipinski definition) is 3. The standard InChI is InChI=1S/C34H25F4NO4/c35-28-19-21(15-18-27(28)34(36,37)38)20-43-31-25-14-8-7-9-22(25)16-17-26(31)32(40)39-30(33(41)42)29(23-10-3-1-4-11-23)24-12-5-2-6-13-24/h1-19,29-30H,20H2,(H,39,40)(H,41,42)/t30-/m0/s1. The molecule has 2 N–H and O–H groups in total. The molecule has 5 rings (SSSR count). The van der Waals surface area contributed by atoms with Gasteiger partial charge in [0.1, 0.15) is 24.2 Å². The molecule has 0 aliphatic carbocycles. The summed E-state index contributed by atoms with van der Waals surface area (Å²) in [5.74, 6) is -4.08. The number of rotatable bonds is 9. The molecule has 0 saturated carbocycles. The molecule has 0 bridgehead atoms. The van der Waals surface area contributed by atoms with Gasteiger partial charge in [-0.25, -0.2) is 9.18 Å². The first kappa shape index (κ1) is 29.3. The van der Waals surface area contributed by atoms with E-state index in [1.807, 2.05) is 0 Å². The molecule has 43 heavy (non-hydrogen) atoms. The van der Waals surface area contributed by atoms with E-state index in [2.05, 4.69) is 5.32 Å². The molecule has 218 valence electrons. The van der Waals surface area contributed by atoms with Crippen molar-refractivity contribution >= 4 is 22.6 Å². The Labute approximate surface area is 244 Å². The lowest BCUT2D eigenvalue weighted by Gasteiger charge is -2.26. The van der Waals surface area contributed by atoms with Crippen LogP contribution in [0.3, 0.4) is 0 Å². The van der Waals surface area contributed by atoms with Crippen LogP contribution in [0.1, 0.15) is 38.5 Å². The van der Waals surface area contributed by atoms with Crippen molar-refractivity contribution in [1.82, 2.24) is 5.32 Å². The Bertz CT molecular complexity index is 1720. The molecule has 0 saturated heterocycles. The number of alkyl halides is 3. The van der Waals surface area contributed by atoms with E-state index in [0.717, 1.165) is 12.1 Å². The fourth-order valence-electron chi connectivity index (χ4n) is 5.02. The Hall–Kier alpha value is -5.18. The van der Waals surface area contributed by atoms with Crippen molar-refractivity contribution in [2.24, 2.45) is 0 Å². The SMILES string of the molecule is O=C(N[C@H](C(=O)O)C(c1ccccc1)c1ccccc1)c1ccc2ccccc2c1OCc1ccc(C(F)(F)F)c(F)c1. The molecule has 9 heteroatoms. The third kappa shape index (κ3) is 6.51. The highest BCUT2D eigenvalue weighted by atomic mass is 19.4. The summed E-state index contributed by atoms with van der Waals surface area (Å²) in [5, 5.41) is 14.2. The number of fused-ring (bicyclic) bond motifs is 1.